The van der Waals surface area contributed by atoms with Gasteiger partial charge in [0.15, 0.2) is 0 Å². The maximum atomic E-state index is 5.71. The standard InChI is InChI=1S/C19H31NO/c1-13(2)15-8-9-17(18(11-15)14(3)4)19(20-5)16-7-6-10-21-12-16/h8-9,11,13-14,16,19-20H,6-7,10,12H2,1-5H3. The molecular weight excluding hydrogens is 258 g/mol. The minimum atomic E-state index is 0.406. The van der Waals surface area contributed by atoms with Crippen LogP contribution < -0.4 is 5.32 Å². The predicted molar refractivity (Wildman–Crippen MR) is 90.0 cm³/mol. The molecule has 118 valence electrons. The lowest BCUT2D eigenvalue weighted by Gasteiger charge is -2.32. The molecule has 1 aliphatic rings. The van der Waals surface area contributed by atoms with E-state index < -0.39 is 0 Å². The summed E-state index contributed by atoms with van der Waals surface area (Å²) in [7, 11) is 2.08. The van der Waals surface area contributed by atoms with E-state index in [9.17, 15) is 0 Å². The second-order valence-electron chi connectivity index (χ2n) is 6.94. The molecule has 2 unspecified atom stereocenters. The van der Waals surface area contributed by atoms with Crippen molar-refractivity contribution in [2.24, 2.45) is 5.92 Å². The smallest absolute Gasteiger partial charge is 0.0512 e. The van der Waals surface area contributed by atoms with Gasteiger partial charge in [-0.05, 0) is 48.4 Å². The van der Waals surface area contributed by atoms with E-state index in [2.05, 4.69) is 58.3 Å². The number of ether oxygens (including phenoxy) is 1. The molecule has 2 rings (SSSR count). The van der Waals surface area contributed by atoms with Gasteiger partial charge in [0.05, 0.1) is 6.61 Å². The molecule has 1 aromatic carbocycles. The average Bonchev–Trinajstić information content (AvgIpc) is 2.49. The van der Waals surface area contributed by atoms with E-state index >= 15 is 0 Å². The summed E-state index contributed by atoms with van der Waals surface area (Å²) in [5.74, 6) is 1.73. The molecule has 0 bridgehead atoms. The van der Waals surface area contributed by atoms with Crippen molar-refractivity contribution in [2.75, 3.05) is 20.3 Å². The van der Waals surface area contributed by atoms with Crippen LogP contribution in [0, 0.1) is 5.92 Å². The minimum Gasteiger partial charge on any atom is -0.381 e. The minimum absolute atomic E-state index is 0.406. The maximum Gasteiger partial charge on any atom is 0.0512 e. The molecule has 21 heavy (non-hydrogen) atoms. The second-order valence-corrected chi connectivity index (χ2v) is 6.94. The molecule has 1 aliphatic heterocycles. The molecule has 0 radical (unpaired) electrons. The molecule has 1 aromatic rings. The number of hydrogen-bond donors (Lipinski definition) is 1. The molecule has 0 aromatic heterocycles. The van der Waals surface area contributed by atoms with Crippen LogP contribution in [0.3, 0.4) is 0 Å². The highest BCUT2D eigenvalue weighted by Gasteiger charge is 2.26. The van der Waals surface area contributed by atoms with Gasteiger partial charge in [-0.1, -0.05) is 45.9 Å². The summed E-state index contributed by atoms with van der Waals surface area (Å²) in [5, 5.41) is 3.55. The van der Waals surface area contributed by atoms with Crippen LogP contribution in [0.2, 0.25) is 0 Å². The Balaban J connectivity index is 2.35. The average molecular weight is 289 g/mol. The normalized spacial score (nSPS) is 21.0. The van der Waals surface area contributed by atoms with E-state index in [4.69, 9.17) is 4.74 Å². The molecule has 1 fully saturated rings. The topological polar surface area (TPSA) is 21.3 Å². The van der Waals surface area contributed by atoms with Gasteiger partial charge in [-0.2, -0.15) is 0 Å². The molecule has 0 spiro atoms. The van der Waals surface area contributed by atoms with Crippen LogP contribution >= 0.6 is 0 Å². The third kappa shape index (κ3) is 3.87. The van der Waals surface area contributed by atoms with E-state index in [1.165, 1.54) is 29.5 Å². The fraction of sp³-hybridized carbons (Fsp3) is 0.684. The van der Waals surface area contributed by atoms with Crippen molar-refractivity contribution >= 4 is 0 Å². The van der Waals surface area contributed by atoms with Gasteiger partial charge in [0, 0.05) is 18.6 Å². The summed E-state index contributed by atoms with van der Waals surface area (Å²) >= 11 is 0. The Morgan fingerprint density at radius 3 is 2.38 bits per heavy atom. The summed E-state index contributed by atoms with van der Waals surface area (Å²) < 4.78 is 5.71. The van der Waals surface area contributed by atoms with Crippen LogP contribution in [0.25, 0.3) is 0 Å². The highest BCUT2D eigenvalue weighted by atomic mass is 16.5. The Hall–Kier alpha value is -0.860. The van der Waals surface area contributed by atoms with Crippen molar-refractivity contribution in [1.29, 1.82) is 0 Å². The summed E-state index contributed by atoms with van der Waals surface area (Å²) in [6.45, 7) is 10.9. The van der Waals surface area contributed by atoms with E-state index in [-0.39, 0.29) is 0 Å². The maximum absolute atomic E-state index is 5.71. The Morgan fingerprint density at radius 1 is 1.10 bits per heavy atom. The second kappa shape index (κ2) is 7.42. The molecule has 0 amide bonds. The SMILES string of the molecule is CNC(c1ccc(C(C)C)cc1C(C)C)C1CCCOC1. The van der Waals surface area contributed by atoms with Gasteiger partial charge >= 0.3 is 0 Å². The van der Waals surface area contributed by atoms with E-state index in [0.29, 0.717) is 23.8 Å². The lowest BCUT2D eigenvalue weighted by Crippen LogP contribution is -2.32. The van der Waals surface area contributed by atoms with Crippen LogP contribution in [0.4, 0.5) is 0 Å². The third-order valence-electron chi connectivity index (χ3n) is 4.71. The van der Waals surface area contributed by atoms with Gasteiger partial charge < -0.3 is 10.1 Å². The van der Waals surface area contributed by atoms with Crippen LogP contribution in [0.15, 0.2) is 18.2 Å². The first kappa shape index (κ1) is 16.5. The quantitative estimate of drug-likeness (QED) is 0.854. The monoisotopic (exact) mass is 289 g/mol. The van der Waals surface area contributed by atoms with E-state index in [1.807, 2.05) is 0 Å². The third-order valence-corrected chi connectivity index (χ3v) is 4.71. The van der Waals surface area contributed by atoms with Gasteiger partial charge in [-0.15, -0.1) is 0 Å². The molecule has 2 heteroatoms. The molecule has 1 N–H and O–H groups in total. The highest BCUT2D eigenvalue weighted by Crippen LogP contribution is 2.34. The van der Waals surface area contributed by atoms with Gasteiger partial charge in [-0.25, -0.2) is 0 Å². The van der Waals surface area contributed by atoms with Crippen molar-refractivity contribution < 1.29 is 4.74 Å². The van der Waals surface area contributed by atoms with Gasteiger partial charge in [0.2, 0.25) is 0 Å². The summed E-state index contributed by atoms with van der Waals surface area (Å²) in [6.07, 6.45) is 2.44. The van der Waals surface area contributed by atoms with E-state index in [0.717, 1.165) is 13.2 Å². The highest BCUT2D eigenvalue weighted by molar-refractivity contribution is 5.38. The number of hydrogen-bond acceptors (Lipinski definition) is 2. The first-order chi connectivity index (χ1) is 10.0. The first-order valence-corrected chi connectivity index (χ1v) is 8.43. The predicted octanol–water partition coefficient (Wildman–Crippen LogP) is 4.62. The van der Waals surface area contributed by atoms with Crippen molar-refractivity contribution in [2.45, 2.75) is 58.4 Å². The summed E-state index contributed by atoms with van der Waals surface area (Å²) in [5.41, 5.74) is 4.40. The number of rotatable bonds is 5. The molecule has 0 saturated carbocycles. The zero-order valence-corrected chi connectivity index (χ0v) is 14.3. The summed E-state index contributed by atoms with van der Waals surface area (Å²) in [6, 6.07) is 7.47. The van der Waals surface area contributed by atoms with Crippen LogP contribution in [0.1, 0.15) is 75.1 Å². The first-order valence-electron chi connectivity index (χ1n) is 8.43. The fourth-order valence-electron chi connectivity index (χ4n) is 3.41. The lowest BCUT2D eigenvalue weighted by molar-refractivity contribution is 0.0400. The molecule has 0 aliphatic carbocycles. The lowest BCUT2D eigenvalue weighted by atomic mass is 9.82. The molecule has 1 heterocycles. The molecule has 2 nitrogen and oxygen atoms in total. The van der Waals surface area contributed by atoms with E-state index in [1.54, 1.807) is 0 Å². The van der Waals surface area contributed by atoms with Crippen molar-refractivity contribution in [1.82, 2.24) is 5.32 Å². The number of nitrogens with one attached hydrogen (secondary N) is 1. The Kier molecular flexibility index (Phi) is 5.83. The largest absolute Gasteiger partial charge is 0.381 e. The van der Waals surface area contributed by atoms with Crippen LogP contribution in [-0.4, -0.2) is 20.3 Å². The molecule has 2 atom stereocenters. The van der Waals surface area contributed by atoms with Gasteiger partial charge in [-0.3, -0.25) is 0 Å². The van der Waals surface area contributed by atoms with Gasteiger partial charge in [0.25, 0.3) is 0 Å². The Bertz CT molecular complexity index is 447. The summed E-state index contributed by atoms with van der Waals surface area (Å²) in [4.78, 5) is 0. The van der Waals surface area contributed by atoms with Gasteiger partial charge in [0.1, 0.15) is 0 Å². The number of benzene rings is 1. The Morgan fingerprint density at radius 2 is 1.86 bits per heavy atom. The van der Waals surface area contributed by atoms with Crippen LogP contribution in [-0.2, 0) is 4.74 Å². The zero-order chi connectivity index (χ0) is 15.4. The zero-order valence-electron chi connectivity index (χ0n) is 14.3. The fourth-order valence-corrected chi connectivity index (χ4v) is 3.41. The van der Waals surface area contributed by atoms with Crippen molar-refractivity contribution in [3.63, 3.8) is 0 Å². The Labute approximate surface area is 130 Å². The van der Waals surface area contributed by atoms with Crippen LogP contribution in [0.5, 0.6) is 0 Å². The van der Waals surface area contributed by atoms with Crippen molar-refractivity contribution in [3.05, 3.63) is 34.9 Å². The molecule has 1 saturated heterocycles. The molecular formula is C19H31NO. The van der Waals surface area contributed by atoms with Crippen molar-refractivity contribution in [3.8, 4) is 0 Å².